The van der Waals surface area contributed by atoms with Crippen molar-refractivity contribution in [3.63, 3.8) is 0 Å². The molecule has 1 saturated heterocycles. The molecule has 2 atom stereocenters. The van der Waals surface area contributed by atoms with E-state index >= 15 is 0 Å². The number of piperazine rings is 1. The van der Waals surface area contributed by atoms with Gasteiger partial charge in [0.05, 0.1) is 0 Å². The van der Waals surface area contributed by atoms with Crippen molar-refractivity contribution in [1.82, 2.24) is 4.90 Å². The molecule has 0 aromatic heterocycles. The summed E-state index contributed by atoms with van der Waals surface area (Å²) in [6.45, 7) is 2.88. The van der Waals surface area contributed by atoms with Crippen LogP contribution < -0.4 is 4.90 Å². The van der Waals surface area contributed by atoms with Crippen molar-refractivity contribution in [2.45, 2.75) is 25.4 Å². The molecule has 1 amide bonds. The van der Waals surface area contributed by atoms with E-state index in [4.69, 9.17) is 5.11 Å². The summed E-state index contributed by atoms with van der Waals surface area (Å²) in [6, 6.07) is 9.86. The van der Waals surface area contributed by atoms with Gasteiger partial charge in [-0.3, -0.25) is 4.79 Å². The fourth-order valence-corrected chi connectivity index (χ4v) is 2.43. The molecule has 4 heteroatoms. The fourth-order valence-electron chi connectivity index (χ4n) is 2.43. The first-order valence-electron chi connectivity index (χ1n) is 6.34. The van der Waals surface area contributed by atoms with Gasteiger partial charge in [0.1, 0.15) is 6.04 Å². The Morgan fingerprint density at radius 1 is 1.33 bits per heavy atom. The molecule has 1 heterocycles. The third-order valence-electron chi connectivity index (χ3n) is 3.62. The molecule has 1 N–H and O–H groups in total. The van der Waals surface area contributed by atoms with Crippen LogP contribution in [0.1, 0.15) is 13.3 Å². The van der Waals surface area contributed by atoms with Crippen LogP contribution >= 0.6 is 0 Å². The standard InChI is InChI=1S/C14H20N2O2/c1-11-10-16(12-6-4-3-5-7-12)13(8-9-17)14(18)15(11)2/h3-7,11,13,17H,8-10H2,1-2H3. The minimum absolute atomic E-state index is 0.0297. The van der Waals surface area contributed by atoms with Crippen molar-refractivity contribution in [1.29, 1.82) is 0 Å². The first-order valence-corrected chi connectivity index (χ1v) is 6.34. The van der Waals surface area contributed by atoms with Crippen LogP contribution in [0.2, 0.25) is 0 Å². The summed E-state index contributed by atoms with van der Waals surface area (Å²) < 4.78 is 0. The molecule has 1 aliphatic rings. The first-order chi connectivity index (χ1) is 8.65. The molecule has 18 heavy (non-hydrogen) atoms. The molecule has 0 saturated carbocycles. The molecule has 4 nitrogen and oxygen atoms in total. The van der Waals surface area contributed by atoms with E-state index in [9.17, 15) is 4.79 Å². The summed E-state index contributed by atoms with van der Waals surface area (Å²) in [4.78, 5) is 16.2. The number of aliphatic hydroxyl groups is 1. The maximum atomic E-state index is 12.3. The summed E-state index contributed by atoms with van der Waals surface area (Å²) in [5, 5.41) is 9.16. The van der Waals surface area contributed by atoms with Gasteiger partial charge in [0.2, 0.25) is 5.91 Å². The maximum Gasteiger partial charge on any atom is 0.245 e. The van der Waals surface area contributed by atoms with Gasteiger partial charge < -0.3 is 14.9 Å². The number of anilines is 1. The molecule has 0 aliphatic carbocycles. The van der Waals surface area contributed by atoms with Gasteiger partial charge in [-0.05, 0) is 25.5 Å². The van der Waals surface area contributed by atoms with Gasteiger partial charge in [-0.1, -0.05) is 18.2 Å². The molecule has 1 aromatic rings. The van der Waals surface area contributed by atoms with Crippen LogP contribution in [0.15, 0.2) is 30.3 Å². The van der Waals surface area contributed by atoms with Crippen LogP contribution in [0.4, 0.5) is 5.69 Å². The Balaban J connectivity index is 2.28. The van der Waals surface area contributed by atoms with Crippen molar-refractivity contribution >= 4 is 11.6 Å². The highest BCUT2D eigenvalue weighted by atomic mass is 16.3. The molecule has 2 unspecified atom stereocenters. The van der Waals surface area contributed by atoms with Crippen LogP contribution in [-0.4, -0.2) is 48.2 Å². The Bertz CT molecular complexity index is 408. The smallest absolute Gasteiger partial charge is 0.245 e. The Kier molecular flexibility index (Phi) is 3.87. The van der Waals surface area contributed by atoms with Crippen LogP contribution in [0.25, 0.3) is 0 Å². The highest BCUT2D eigenvalue weighted by Crippen LogP contribution is 2.24. The van der Waals surface area contributed by atoms with E-state index in [-0.39, 0.29) is 24.6 Å². The summed E-state index contributed by atoms with van der Waals surface area (Å²) in [6.07, 6.45) is 0.477. The number of carbonyl (C=O) groups is 1. The number of para-hydroxylation sites is 1. The molecular weight excluding hydrogens is 228 g/mol. The normalized spacial score (nSPS) is 24.5. The number of carbonyl (C=O) groups excluding carboxylic acids is 1. The molecule has 1 aliphatic heterocycles. The quantitative estimate of drug-likeness (QED) is 0.871. The van der Waals surface area contributed by atoms with E-state index in [1.165, 1.54) is 0 Å². The highest BCUT2D eigenvalue weighted by Gasteiger charge is 2.36. The number of likely N-dealkylation sites (N-methyl/N-ethyl adjacent to an activating group) is 1. The van der Waals surface area contributed by atoms with Crippen molar-refractivity contribution in [3.05, 3.63) is 30.3 Å². The van der Waals surface area contributed by atoms with Gasteiger partial charge in [-0.15, -0.1) is 0 Å². The summed E-state index contributed by atoms with van der Waals surface area (Å²) >= 11 is 0. The predicted octanol–water partition coefficient (Wildman–Crippen LogP) is 1.10. The largest absolute Gasteiger partial charge is 0.396 e. The second kappa shape index (κ2) is 5.40. The maximum absolute atomic E-state index is 12.3. The monoisotopic (exact) mass is 248 g/mol. The van der Waals surface area contributed by atoms with E-state index in [1.54, 1.807) is 4.90 Å². The number of amides is 1. The molecular formula is C14H20N2O2. The van der Waals surface area contributed by atoms with E-state index in [2.05, 4.69) is 4.90 Å². The number of rotatable bonds is 3. The number of benzene rings is 1. The molecule has 1 aromatic carbocycles. The Hall–Kier alpha value is -1.55. The van der Waals surface area contributed by atoms with Crippen molar-refractivity contribution in [2.75, 3.05) is 25.1 Å². The number of aliphatic hydroxyl groups excluding tert-OH is 1. The van der Waals surface area contributed by atoms with Crippen LogP contribution in [-0.2, 0) is 4.79 Å². The molecule has 0 radical (unpaired) electrons. The zero-order valence-corrected chi connectivity index (χ0v) is 10.9. The SMILES string of the molecule is CC1CN(c2ccccc2)C(CCO)C(=O)N1C. The Morgan fingerprint density at radius 3 is 2.61 bits per heavy atom. The number of nitrogens with zero attached hydrogens (tertiary/aromatic N) is 2. The van der Waals surface area contributed by atoms with Gasteiger partial charge in [-0.2, -0.15) is 0 Å². The lowest BCUT2D eigenvalue weighted by Gasteiger charge is -2.44. The molecule has 2 rings (SSSR count). The summed E-state index contributed by atoms with van der Waals surface area (Å²) in [7, 11) is 1.83. The zero-order chi connectivity index (χ0) is 13.1. The average Bonchev–Trinajstić information content (AvgIpc) is 2.40. The lowest BCUT2D eigenvalue weighted by molar-refractivity contribution is -0.135. The second-order valence-corrected chi connectivity index (χ2v) is 4.81. The van der Waals surface area contributed by atoms with Gasteiger partial charge >= 0.3 is 0 Å². The minimum Gasteiger partial charge on any atom is -0.396 e. The molecule has 1 fully saturated rings. The third kappa shape index (κ3) is 2.34. The zero-order valence-electron chi connectivity index (χ0n) is 10.9. The Morgan fingerprint density at radius 2 is 2.00 bits per heavy atom. The predicted molar refractivity (Wildman–Crippen MR) is 71.5 cm³/mol. The van der Waals surface area contributed by atoms with Crippen molar-refractivity contribution < 1.29 is 9.90 Å². The minimum atomic E-state index is -0.251. The number of hydrogen-bond acceptors (Lipinski definition) is 3. The molecule has 0 spiro atoms. The van der Waals surface area contributed by atoms with Crippen molar-refractivity contribution in [2.24, 2.45) is 0 Å². The van der Waals surface area contributed by atoms with E-state index in [0.717, 1.165) is 12.2 Å². The lowest BCUT2D eigenvalue weighted by atomic mass is 10.0. The van der Waals surface area contributed by atoms with Gasteiger partial charge in [0, 0.05) is 31.9 Å². The van der Waals surface area contributed by atoms with E-state index in [1.807, 2.05) is 44.3 Å². The Labute approximate surface area is 108 Å². The highest BCUT2D eigenvalue weighted by molar-refractivity contribution is 5.86. The second-order valence-electron chi connectivity index (χ2n) is 4.81. The third-order valence-corrected chi connectivity index (χ3v) is 3.62. The fraction of sp³-hybridized carbons (Fsp3) is 0.500. The first kappa shape index (κ1) is 12.9. The lowest BCUT2D eigenvalue weighted by Crippen LogP contribution is -2.60. The van der Waals surface area contributed by atoms with Crippen molar-refractivity contribution in [3.8, 4) is 0 Å². The van der Waals surface area contributed by atoms with Crippen LogP contribution in [0.5, 0.6) is 0 Å². The summed E-state index contributed by atoms with van der Waals surface area (Å²) in [5.74, 6) is 0.0895. The number of hydrogen-bond donors (Lipinski definition) is 1. The van der Waals surface area contributed by atoms with Crippen LogP contribution in [0, 0.1) is 0 Å². The topological polar surface area (TPSA) is 43.8 Å². The van der Waals surface area contributed by atoms with E-state index < -0.39 is 0 Å². The molecule has 0 bridgehead atoms. The van der Waals surface area contributed by atoms with Gasteiger partial charge in [-0.25, -0.2) is 0 Å². The molecule has 98 valence electrons. The van der Waals surface area contributed by atoms with Crippen LogP contribution in [0.3, 0.4) is 0 Å². The van der Waals surface area contributed by atoms with Gasteiger partial charge in [0.25, 0.3) is 0 Å². The van der Waals surface area contributed by atoms with Gasteiger partial charge in [0.15, 0.2) is 0 Å². The summed E-state index contributed by atoms with van der Waals surface area (Å²) in [5.41, 5.74) is 1.05. The van der Waals surface area contributed by atoms with E-state index in [0.29, 0.717) is 6.42 Å². The average molecular weight is 248 g/mol.